The van der Waals surface area contributed by atoms with Crippen molar-refractivity contribution in [3.63, 3.8) is 0 Å². The molecule has 1 aliphatic rings. The third-order valence-corrected chi connectivity index (χ3v) is 7.60. The number of nitrogens with zero attached hydrogens (tertiary/aromatic N) is 3. The maximum atomic E-state index is 13.3. The van der Waals surface area contributed by atoms with Gasteiger partial charge in [0.05, 0.1) is 19.9 Å². The van der Waals surface area contributed by atoms with Gasteiger partial charge in [-0.1, -0.05) is 17.2 Å². The Labute approximate surface area is 189 Å². The fourth-order valence-electron chi connectivity index (χ4n) is 3.93. The first-order chi connectivity index (χ1) is 15.5. The molecular weight excluding hydrogens is 426 g/mol. The summed E-state index contributed by atoms with van der Waals surface area (Å²) in [6.07, 6.45) is 1.79. The first kappa shape index (κ1) is 22.4. The molecule has 0 aliphatic carbocycles. The van der Waals surface area contributed by atoms with Crippen LogP contribution in [0.3, 0.4) is 0 Å². The van der Waals surface area contributed by atoms with Gasteiger partial charge in [0.2, 0.25) is 0 Å². The van der Waals surface area contributed by atoms with Gasteiger partial charge < -0.3 is 14.0 Å². The molecule has 3 aromatic rings. The second kappa shape index (κ2) is 9.36. The van der Waals surface area contributed by atoms with Gasteiger partial charge in [0.1, 0.15) is 17.3 Å². The van der Waals surface area contributed by atoms with Crippen LogP contribution in [-0.2, 0) is 33.9 Å². The van der Waals surface area contributed by atoms with Gasteiger partial charge in [0.15, 0.2) is 15.3 Å². The van der Waals surface area contributed by atoms with Crippen LogP contribution in [0.2, 0.25) is 0 Å². The van der Waals surface area contributed by atoms with E-state index in [1.807, 2.05) is 31.2 Å². The SMILES string of the molecule is CCc1nc2c(c(-c3ccc(OC)cc3)n1)CCN([S+](=O)([O-])c1cccc(OC)c1)CC2. The molecule has 2 heterocycles. The minimum atomic E-state index is -3.65. The van der Waals surface area contributed by atoms with Gasteiger partial charge in [-0.2, -0.15) is 0 Å². The highest BCUT2D eigenvalue weighted by atomic mass is 32.3. The highest BCUT2D eigenvalue weighted by molar-refractivity contribution is 7.95. The third-order valence-electron chi connectivity index (χ3n) is 5.71. The molecule has 7 nitrogen and oxygen atoms in total. The van der Waals surface area contributed by atoms with Crippen molar-refractivity contribution in [2.24, 2.45) is 0 Å². The van der Waals surface area contributed by atoms with E-state index in [9.17, 15) is 8.76 Å². The lowest BCUT2D eigenvalue weighted by molar-refractivity contribution is 0.361. The van der Waals surface area contributed by atoms with E-state index in [0.717, 1.165) is 34.1 Å². The lowest BCUT2D eigenvalue weighted by Gasteiger charge is -2.26. The molecule has 1 unspecified atom stereocenters. The average molecular weight is 454 g/mol. The molecule has 0 amide bonds. The smallest absolute Gasteiger partial charge is 0.179 e. The van der Waals surface area contributed by atoms with E-state index in [-0.39, 0.29) is 4.90 Å². The summed E-state index contributed by atoms with van der Waals surface area (Å²) in [5.41, 5.74) is 3.78. The Morgan fingerprint density at radius 3 is 2.41 bits per heavy atom. The van der Waals surface area contributed by atoms with Crippen molar-refractivity contribution in [1.82, 2.24) is 14.3 Å². The molecule has 0 bridgehead atoms. The lowest BCUT2D eigenvalue weighted by Crippen LogP contribution is -2.38. The molecule has 168 valence electrons. The normalized spacial score (nSPS) is 16.0. The monoisotopic (exact) mass is 453 g/mol. The summed E-state index contributed by atoms with van der Waals surface area (Å²) in [7, 11) is -0.485. The number of aryl methyl sites for hydroxylation is 1. The zero-order valence-electron chi connectivity index (χ0n) is 18.5. The molecule has 1 aliphatic heterocycles. The molecule has 0 radical (unpaired) electrons. The summed E-state index contributed by atoms with van der Waals surface area (Å²) in [4.78, 5) is 9.79. The maximum Gasteiger partial charge on any atom is 0.179 e. The van der Waals surface area contributed by atoms with E-state index in [1.54, 1.807) is 31.4 Å². The standard InChI is InChI=1S/C24H27N3O4S/c1-4-23-25-22-13-15-27(32(28,29)20-7-5-6-19(16-20)31-3)14-12-21(22)24(26-23)17-8-10-18(30-2)11-9-17/h5-11,16H,4,12-15H2,1-3H3. The van der Waals surface area contributed by atoms with Crippen LogP contribution in [0.25, 0.3) is 11.3 Å². The molecule has 4 rings (SSSR count). The highest BCUT2D eigenvalue weighted by Crippen LogP contribution is 2.31. The topological polar surface area (TPSA) is 87.6 Å². The van der Waals surface area contributed by atoms with Gasteiger partial charge in [0.25, 0.3) is 0 Å². The van der Waals surface area contributed by atoms with Crippen LogP contribution in [0.5, 0.6) is 11.5 Å². The van der Waals surface area contributed by atoms with Crippen LogP contribution in [-0.4, -0.2) is 46.1 Å². The average Bonchev–Trinajstić information content (AvgIpc) is 3.06. The van der Waals surface area contributed by atoms with Gasteiger partial charge in [0, 0.05) is 48.8 Å². The minimum Gasteiger partial charge on any atom is -0.593 e. The fraction of sp³-hybridized carbons (Fsp3) is 0.333. The summed E-state index contributed by atoms with van der Waals surface area (Å²) in [5.74, 6) is 2.06. The molecule has 32 heavy (non-hydrogen) atoms. The Kier molecular flexibility index (Phi) is 6.55. The van der Waals surface area contributed by atoms with E-state index in [0.29, 0.717) is 38.1 Å². The van der Waals surface area contributed by atoms with Crippen LogP contribution in [0.15, 0.2) is 53.4 Å². The van der Waals surface area contributed by atoms with E-state index < -0.39 is 10.4 Å². The number of methoxy groups -OCH3 is 2. The van der Waals surface area contributed by atoms with E-state index in [2.05, 4.69) is 0 Å². The van der Waals surface area contributed by atoms with Crippen molar-refractivity contribution in [3.8, 4) is 22.8 Å². The maximum absolute atomic E-state index is 13.3. The van der Waals surface area contributed by atoms with E-state index in [1.165, 1.54) is 11.4 Å². The second-order valence-electron chi connectivity index (χ2n) is 7.58. The van der Waals surface area contributed by atoms with Crippen LogP contribution in [0.1, 0.15) is 24.0 Å². The van der Waals surface area contributed by atoms with E-state index in [4.69, 9.17) is 19.4 Å². The number of aromatic nitrogens is 2. The Balaban J connectivity index is 1.68. The molecule has 2 aromatic carbocycles. The van der Waals surface area contributed by atoms with Crippen LogP contribution >= 0.6 is 0 Å². The summed E-state index contributed by atoms with van der Waals surface area (Å²) in [6.45, 7) is 2.76. The summed E-state index contributed by atoms with van der Waals surface area (Å²) >= 11 is 0. The Morgan fingerprint density at radius 2 is 1.72 bits per heavy atom. The largest absolute Gasteiger partial charge is 0.593 e. The van der Waals surface area contributed by atoms with Gasteiger partial charge in [-0.3, -0.25) is 0 Å². The molecule has 8 heteroatoms. The first-order valence-corrected chi connectivity index (χ1v) is 12.1. The number of rotatable bonds is 6. The van der Waals surface area contributed by atoms with Crippen molar-refractivity contribution in [2.75, 3.05) is 27.3 Å². The highest BCUT2D eigenvalue weighted by Gasteiger charge is 2.33. The number of sulfonamides is 1. The van der Waals surface area contributed by atoms with Crippen molar-refractivity contribution in [2.45, 2.75) is 31.1 Å². The molecule has 0 N–H and O–H groups in total. The van der Waals surface area contributed by atoms with Gasteiger partial charge in [-0.05, 0) is 42.8 Å². The fourth-order valence-corrected chi connectivity index (χ4v) is 5.40. The van der Waals surface area contributed by atoms with Crippen molar-refractivity contribution >= 4 is 10.4 Å². The van der Waals surface area contributed by atoms with Crippen molar-refractivity contribution in [1.29, 1.82) is 0 Å². The number of hydrogen-bond acceptors (Lipinski definition) is 6. The molecule has 1 aromatic heterocycles. The number of benzene rings is 2. The molecule has 0 saturated heterocycles. The first-order valence-electron chi connectivity index (χ1n) is 10.6. The second-order valence-corrected chi connectivity index (χ2v) is 9.52. The molecule has 0 saturated carbocycles. The summed E-state index contributed by atoms with van der Waals surface area (Å²) in [6, 6.07) is 14.4. The molecule has 1 atom stereocenters. The summed E-state index contributed by atoms with van der Waals surface area (Å²) < 4.78 is 38.7. The number of fused-ring (bicyclic) bond motifs is 1. The zero-order chi connectivity index (χ0) is 22.7. The van der Waals surface area contributed by atoms with Crippen LogP contribution < -0.4 is 9.47 Å². The Morgan fingerprint density at radius 1 is 1.00 bits per heavy atom. The quantitative estimate of drug-likeness (QED) is 0.529. The lowest BCUT2D eigenvalue weighted by atomic mass is 10.0. The molecule has 0 spiro atoms. The Hall–Kier alpha value is -2.81. The van der Waals surface area contributed by atoms with Crippen LogP contribution in [0.4, 0.5) is 0 Å². The minimum absolute atomic E-state index is 0.235. The predicted octanol–water partition coefficient (Wildman–Crippen LogP) is 3.73. The van der Waals surface area contributed by atoms with E-state index >= 15 is 0 Å². The predicted molar refractivity (Wildman–Crippen MR) is 122 cm³/mol. The van der Waals surface area contributed by atoms with Crippen LogP contribution in [0, 0.1) is 0 Å². The van der Waals surface area contributed by atoms with Crippen molar-refractivity contribution < 1.29 is 18.2 Å². The Bertz CT molecular complexity index is 1150. The molecular formula is C24H27N3O4S. The van der Waals surface area contributed by atoms with Gasteiger partial charge in [-0.15, -0.1) is 4.31 Å². The van der Waals surface area contributed by atoms with Crippen molar-refractivity contribution in [3.05, 3.63) is 65.6 Å². The number of hydrogen-bond donors (Lipinski definition) is 0. The zero-order valence-corrected chi connectivity index (χ0v) is 19.4. The third kappa shape index (κ3) is 4.39. The van der Waals surface area contributed by atoms with Gasteiger partial charge in [-0.25, -0.2) is 9.97 Å². The number of ether oxygens (including phenoxy) is 2. The molecule has 0 fully saturated rings. The van der Waals surface area contributed by atoms with Gasteiger partial charge >= 0.3 is 0 Å². The summed E-state index contributed by atoms with van der Waals surface area (Å²) in [5, 5.41) is 0.